The lowest BCUT2D eigenvalue weighted by atomic mass is 10.3. The van der Waals surface area contributed by atoms with Gasteiger partial charge in [0.2, 0.25) is 5.88 Å². The van der Waals surface area contributed by atoms with Gasteiger partial charge in [-0.2, -0.15) is 0 Å². The van der Waals surface area contributed by atoms with Crippen LogP contribution in [0.4, 0.5) is 0 Å². The first kappa shape index (κ1) is 13.4. The summed E-state index contributed by atoms with van der Waals surface area (Å²) in [5, 5.41) is 7.24. The Morgan fingerprint density at radius 2 is 2.06 bits per heavy atom. The third-order valence-electron chi connectivity index (χ3n) is 1.91. The van der Waals surface area contributed by atoms with Crippen LogP contribution >= 0.6 is 0 Å². The molecule has 0 saturated heterocycles. The van der Waals surface area contributed by atoms with E-state index in [-0.39, 0.29) is 5.84 Å². The highest BCUT2D eigenvalue weighted by atomic mass is 16.5. The molecule has 0 aliphatic heterocycles. The summed E-state index contributed by atoms with van der Waals surface area (Å²) < 4.78 is 15.4. The topological polar surface area (TPSA) is 90.5 Å². The highest BCUT2D eigenvalue weighted by Crippen LogP contribution is 2.06. The van der Waals surface area contributed by atoms with Gasteiger partial charge < -0.3 is 19.9 Å². The Hall–Kier alpha value is -1.66. The Morgan fingerprint density at radius 1 is 1.29 bits per heavy atom. The van der Waals surface area contributed by atoms with Crippen molar-refractivity contribution >= 4 is 5.84 Å². The van der Waals surface area contributed by atoms with Gasteiger partial charge in [-0.1, -0.05) is 6.07 Å². The number of methoxy groups -OCH3 is 1. The van der Waals surface area contributed by atoms with E-state index in [1.807, 2.05) is 0 Å². The van der Waals surface area contributed by atoms with Crippen molar-refractivity contribution in [1.29, 1.82) is 5.41 Å². The van der Waals surface area contributed by atoms with Crippen LogP contribution in [0.2, 0.25) is 0 Å². The average Bonchev–Trinajstić information content (AvgIpc) is 2.34. The van der Waals surface area contributed by atoms with E-state index >= 15 is 0 Å². The Balaban J connectivity index is 2.27. The van der Waals surface area contributed by atoms with Gasteiger partial charge >= 0.3 is 0 Å². The van der Waals surface area contributed by atoms with E-state index in [9.17, 15) is 0 Å². The molecule has 6 nitrogen and oxygen atoms in total. The molecule has 0 bridgehead atoms. The zero-order chi connectivity index (χ0) is 12.5. The number of nitrogens with one attached hydrogen (secondary N) is 1. The van der Waals surface area contributed by atoms with Crippen LogP contribution in [0.15, 0.2) is 18.2 Å². The molecule has 0 atom stereocenters. The first-order valence-corrected chi connectivity index (χ1v) is 5.25. The van der Waals surface area contributed by atoms with Gasteiger partial charge in [0, 0.05) is 13.2 Å². The molecule has 1 heterocycles. The summed E-state index contributed by atoms with van der Waals surface area (Å²) in [4.78, 5) is 4.05. The van der Waals surface area contributed by atoms with Crippen LogP contribution in [-0.4, -0.2) is 44.4 Å². The van der Waals surface area contributed by atoms with E-state index in [4.69, 9.17) is 25.4 Å². The first-order valence-electron chi connectivity index (χ1n) is 5.25. The van der Waals surface area contributed by atoms with E-state index in [2.05, 4.69) is 4.98 Å². The Kier molecular flexibility index (Phi) is 5.98. The molecular formula is C11H17N3O3. The van der Waals surface area contributed by atoms with Gasteiger partial charge in [0.05, 0.1) is 19.8 Å². The van der Waals surface area contributed by atoms with Crippen LogP contribution in [0.3, 0.4) is 0 Å². The van der Waals surface area contributed by atoms with Crippen molar-refractivity contribution in [2.24, 2.45) is 5.73 Å². The maximum Gasteiger partial charge on any atom is 0.213 e. The quantitative estimate of drug-likeness (QED) is 0.389. The summed E-state index contributed by atoms with van der Waals surface area (Å²) in [5.74, 6) is 0.361. The fourth-order valence-electron chi connectivity index (χ4n) is 1.09. The number of nitrogen functional groups attached to an aromatic ring is 1. The fraction of sp³-hybridized carbons (Fsp3) is 0.455. The van der Waals surface area contributed by atoms with Gasteiger partial charge in [0.1, 0.15) is 18.1 Å². The normalized spacial score (nSPS) is 10.2. The molecule has 0 aliphatic carbocycles. The first-order chi connectivity index (χ1) is 8.24. The van der Waals surface area contributed by atoms with E-state index < -0.39 is 0 Å². The highest BCUT2D eigenvalue weighted by Gasteiger charge is 2.00. The number of amidine groups is 1. The molecule has 0 amide bonds. The molecule has 0 aliphatic rings. The summed E-state index contributed by atoms with van der Waals surface area (Å²) in [7, 11) is 1.62. The lowest BCUT2D eigenvalue weighted by Gasteiger charge is -2.07. The molecule has 0 aromatic carbocycles. The molecule has 0 spiro atoms. The molecule has 0 unspecified atom stereocenters. The second-order valence-corrected chi connectivity index (χ2v) is 3.23. The summed E-state index contributed by atoms with van der Waals surface area (Å²) in [6, 6.07) is 5.11. The van der Waals surface area contributed by atoms with E-state index in [1.54, 1.807) is 25.3 Å². The molecule has 17 heavy (non-hydrogen) atoms. The van der Waals surface area contributed by atoms with Gasteiger partial charge in [-0.05, 0) is 6.07 Å². The zero-order valence-corrected chi connectivity index (χ0v) is 9.81. The molecule has 6 heteroatoms. The lowest BCUT2D eigenvalue weighted by Crippen LogP contribution is -2.14. The van der Waals surface area contributed by atoms with Crippen LogP contribution in [0.25, 0.3) is 0 Å². The van der Waals surface area contributed by atoms with Crippen molar-refractivity contribution in [3.05, 3.63) is 23.9 Å². The number of aromatic nitrogens is 1. The van der Waals surface area contributed by atoms with Crippen molar-refractivity contribution in [2.75, 3.05) is 33.5 Å². The smallest absolute Gasteiger partial charge is 0.213 e. The third kappa shape index (κ3) is 5.28. The predicted octanol–water partition coefficient (Wildman–Crippen LogP) is 0.407. The van der Waals surface area contributed by atoms with Gasteiger partial charge in [0.15, 0.2) is 0 Å². The molecular weight excluding hydrogens is 222 g/mol. The van der Waals surface area contributed by atoms with Crippen LogP contribution in [0.1, 0.15) is 5.69 Å². The summed E-state index contributed by atoms with van der Waals surface area (Å²) in [6.45, 7) is 1.98. The Labute approximate surface area is 100 Å². The number of ether oxygens (including phenoxy) is 3. The second kappa shape index (κ2) is 7.59. The predicted molar refractivity (Wildman–Crippen MR) is 63.4 cm³/mol. The van der Waals surface area contributed by atoms with Crippen LogP contribution in [0.5, 0.6) is 5.88 Å². The van der Waals surface area contributed by atoms with Crippen molar-refractivity contribution in [3.8, 4) is 5.88 Å². The molecule has 94 valence electrons. The van der Waals surface area contributed by atoms with Crippen molar-refractivity contribution in [2.45, 2.75) is 0 Å². The minimum atomic E-state index is -0.0770. The molecule has 3 N–H and O–H groups in total. The minimum Gasteiger partial charge on any atom is -0.475 e. The molecule has 1 aromatic rings. The maximum atomic E-state index is 7.24. The molecule has 0 saturated carbocycles. The number of rotatable bonds is 8. The zero-order valence-electron chi connectivity index (χ0n) is 9.81. The average molecular weight is 239 g/mol. The van der Waals surface area contributed by atoms with E-state index in [0.717, 1.165) is 0 Å². The molecule has 1 aromatic heterocycles. The highest BCUT2D eigenvalue weighted by molar-refractivity contribution is 5.93. The number of nitrogens with zero attached hydrogens (tertiary/aromatic N) is 1. The summed E-state index contributed by atoms with van der Waals surface area (Å²) in [5.41, 5.74) is 5.72. The number of hydrogen-bond acceptors (Lipinski definition) is 5. The Bertz CT molecular complexity index is 358. The maximum absolute atomic E-state index is 7.24. The van der Waals surface area contributed by atoms with Gasteiger partial charge in [-0.3, -0.25) is 5.41 Å². The van der Waals surface area contributed by atoms with Gasteiger partial charge in [-0.15, -0.1) is 0 Å². The fourth-order valence-corrected chi connectivity index (χ4v) is 1.09. The number of pyridine rings is 1. The number of nitrogens with two attached hydrogens (primary N) is 1. The third-order valence-corrected chi connectivity index (χ3v) is 1.91. The van der Waals surface area contributed by atoms with Gasteiger partial charge in [-0.25, -0.2) is 4.98 Å². The van der Waals surface area contributed by atoms with Crippen molar-refractivity contribution < 1.29 is 14.2 Å². The molecule has 0 fully saturated rings. The molecule has 1 rings (SSSR count). The van der Waals surface area contributed by atoms with E-state index in [0.29, 0.717) is 38.0 Å². The standard InChI is InChI=1S/C11H17N3O3/c1-15-5-6-16-7-8-17-10-4-2-3-9(14-10)11(12)13/h2-4H,5-8H2,1H3,(H3,12,13). The van der Waals surface area contributed by atoms with Crippen LogP contribution < -0.4 is 10.5 Å². The van der Waals surface area contributed by atoms with Crippen LogP contribution in [0, 0.1) is 5.41 Å². The SMILES string of the molecule is COCCOCCOc1cccc(C(=N)N)n1. The van der Waals surface area contributed by atoms with Crippen LogP contribution in [-0.2, 0) is 9.47 Å². The largest absolute Gasteiger partial charge is 0.475 e. The van der Waals surface area contributed by atoms with Crippen molar-refractivity contribution in [1.82, 2.24) is 4.98 Å². The minimum absolute atomic E-state index is 0.0770. The van der Waals surface area contributed by atoms with Gasteiger partial charge in [0.25, 0.3) is 0 Å². The Morgan fingerprint density at radius 3 is 2.76 bits per heavy atom. The second-order valence-electron chi connectivity index (χ2n) is 3.23. The van der Waals surface area contributed by atoms with Crippen molar-refractivity contribution in [3.63, 3.8) is 0 Å². The monoisotopic (exact) mass is 239 g/mol. The summed E-state index contributed by atoms with van der Waals surface area (Å²) >= 11 is 0. The summed E-state index contributed by atoms with van der Waals surface area (Å²) in [6.07, 6.45) is 0. The number of hydrogen-bond donors (Lipinski definition) is 2. The lowest BCUT2D eigenvalue weighted by molar-refractivity contribution is 0.0537. The van der Waals surface area contributed by atoms with E-state index in [1.165, 1.54) is 0 Å². The molecule has 0 radical (unpaired) electrons.